The summed E-state index contributed by atoms with van der Waals surface area (Å²) in [5.74, 6) is -0.764. The van der Waals surface area contributed by atoms with Crippen molar-refractivity contribution < 1.29 is 9.90 Å². The van der Waals surface area contributed by atoms with Crippen LogP contribution in [-0.2, 0) is 4.79 Å². The molecule has 0 rings (SSSR count). The van der Waals surface area contributed by atoms with Crippen molar-refractivity contribution in [1.82, 2.24) is 0 Å². The van der Waals surface area contributed by atoms with Crippen molar-refractivity contribution in [2.24, 2.45) is 0 Å². The van der Waals surface area contributed by atoms with E-state index < -0.39 is 5.97 Å². The van der Waals surface area contributed by atoms with E-state index in [9.17, 15) is 4.79 Å². The summed E-state index contributed by atoms with van der Waals surface area (Å²) >= 11 is 0. The average molecular weight is 222 g/mol. The molecule has 0 radical (unpaired) electrons. The highest BCUT2D eigenvalue weighted by Crippen LogP contribution is 2.01. The first-order chi connectivity index (χ1) is 7.77. The minimum Gasteiger partial charge on any atom is -0.481 e. The van der Waals surface area contributed by atoms with Gasteiger partial charge in [-0.25, -0.2) is 0 Å². The Morgan fingerprint density at radius 3 is 2.12 bits per heavy atom. The van der Waals surface area contributed by atoms with Crippen LogP contribution < -0.4 is 0 Å². The van der Waals surface area contributed by atoms with Crippen LogP contribution in [0.2, 0.25) is 0 Å². The molecule has 0 unspecified atom stereocenters. The van der Waals surface area contributed by atoms with Gasteiger partial charge in [-0.3, -0.25) is 4.79 Å². The molecule has 90 valence electrons. The highest BCUT2D eigenvalue weighted by atomic mass is 16.4. The number of carbonyl (C=O) groups is 1. The fraction of sp³-hybridized carbons (Fsp3) is 0.500. The summed E-state index contributed by atoms with van der Waals surface area (Å²) in [6.45, 7) is 2.03. The SMILES string of the molecule is C/C=C/CC/C=C/CCC/C=C/CC(=O)O. The molecular weight excluding hydrogens is 200 g/mol. The van der Waals surface area contributed by atoms with Crippen molar-refractivity contribution >= 4 is 5.97 Å². The van der Waals surface area contributed by atoms with Gasteiger partial charge in [0.2, 0.25) is 0 Å². The van der Waals surface area contributed by atoms with E-state index in [0.717, 1.165) is 32.1 Å². The van der Waals surface area contributed by atoms with E-state index in [0.29, 0.717) is 0 Å². The molecule has 0 aromatic rings. The van der Waals surface area contributed by atoms with E-state index in [2.05, 4.69) is 24.3 Å². The van der Waals surface area contributed by atoms with Crippen molar-refractivity contribution in [1.29, 1.82) is 0 Å². The highest BCUT2D eigenvalue weighted by Gasteiger charge is 1.88. The first kappa shape index (κ1) is 14.7. The van der Waals surface area contributed by atoms with E-state index >= 15 is 0 Å². The number of carboxylic acids is 1. The normalized spacial score (nSPS) is 12.1. The van der Waals surface area contributed by atoms with Gasteiger partial charge < -0.3 is 5.11 Å². The second-order valence-electron chi connectivity index (χ2n) is 3.62. The topological polar surface area (TPSA) is 37.3 Å². The van der Waals surface area contributed by atoms with Crippen molar-refractivity contribution in [2.75, 3.05) is 0 Å². The third-order valence-electron chi connectivity index (χ3n) is 2.10. The maximum atomic E-state index is 10.2. The van der Waals surface area contributed by atoms with Crippen molar-refractivity contribution in [3.05, 3.63) is 36.5 Å². The molecule has 2 heteroatoms. The number of hydrogen-bond donors (Lipinski definition) is 1. The Kier molecular flexibility index (Phi) is 10.8. The van der Waals surface area contributed by atoms with E-state index in [-0.39, 0.29) is 6.42 Å². The predicted molar refractivity (Wildman–Crippen MR) is 68.4 cm³/mol. The molecule has 0 fully saturated rings. The van der Waals surface area contributed by atoms with Gasteiger partial charge in [0.1, 0.15) is 0 Å². The fourth-order valence-electron chi connectivity index (χ4n) is 1.25. The van der Waals surface area contributed by atoms with Crippen LogP contribution in [0.25, 0.3) is 0 Å². The monoisotopic (exact) mass is 222 g/mol. The summed E-state index contributed by atoms with van der Waals surface area (Å²) in [5, 5.41) is 8.39. The van der Waals surface area contributed by atoms with Crippen LogP contribution in [0.4, 0.5) is 0 Å². The van der Waals surface area contributed by atoms with Crippen molar-refractivity contribution in [3.8, 4) is 0 Å². The third kappa shape index (κ3) is 12.7. The zero-order valence-electron chi connectivity index (χ0n) is 10.1. The minimum absolute atomic E-state index is 0.138. The molecule has 0 amide bonds. The Hall–Kier alpha value is -1.31. The summed E-state index contributed by atoms with van der Waals surface area (Å²) in [6, 6.07) is 0. The van der Waals surface area contributed by atoms with Gasteiger partial charge >= 0.3 is 5.97 Å². The Bertz CT molecular complexity index is 249. The van der Waals surface area contributed by atoms with Gasteiger partial charge in [-0.05, 0) is 39.0 Å². The Morgan fingerprint density at radius 1 is 0.938 bits per heavy atom. The van der Waals surface area contributed by atoms with E-state index in [4.69, 9.17) is 5.11 Å². The fourth-order valence-corrected chi connectivity index (χ4v) is 1.25. The zero-order valence-corrected chi connectivity index (χ0v) is 10.1. The Morgan fingerprint density at radius 2 is 1.50 bits per heavy atom. The Labute approximate surface area is 98.4 Å². The van der Waals surface area contributed by atoms with Crippen LogP contribution in [0, 0.1) is 0 Å². The number of rotatable bonds is 9. The molecule has 2 nitrogen and oxygen atoms in total. The van der Waals surface area contributed by atoms with Gasteiger partial charge in [0.05, 0.1) is 6.42 Å². The maximum Gasteiger partial charge on any atom is 0.307 e. The van der Waals surface area contributed by atoms with Gasteiger partial charge in [0, 0.05) is 0 Å². The van der Waals surface area contributed by atoms with Crippen molar-refractivity contribution in [2.45, 2.75) is 45.4 Å². The second kappa shape index (κ2) is 11.8. The largest absolute Gasteiger partial charge is 0.481 e. The predicted octanol–water partition coefficient (Wildman–Crippen LogP) is 4.10. The molecule has 0 heterocycles. The summed E-state index contributed by atoms with van der Waals surface area (Å²) in [7, 11) is 0. The molecule has 0 spiro atoms. The molecule has 0 aliphatic rings. The van der Waals surface area contributed by atoms with Crippen LogP contribution in [0.1, 0.15) is 45.4 Å². The van der Waals surface area contributed by atoms with Crippen molar-refractivity contribution in [3.63, 3.8) is 0 Å². The minimum atomic E-state index is -0.764. The molecule has 0 saturated heterocycles. The number of aliphatic carboxylic acids is 1. The van der Waals surface area contributed by atoms with Gasteiger partial charge in [-0.2, -0.15) is 0 Å². The lowest BCUT2D eigenvalue weighted by Gasteiger charge is -1.91. The smallest absolute Gasteiger partial charge is 0.307 e. The summed E-state index contributed by atoms with van der Waals surface area (Å²) in [6.07, 6.45) is 17.8. The molecule has 0 aliphatic heterocycles. The first-order valence-electron chi connectivity index (χ1n) is 5.90. The van der Waals surface area contributed by atoms with E-state index in [1.54, 1.807) is 6.08 Å². The molecule has 0 aliphatic carbocycles. The lowest BCUT2D eigenvalue weighted by molar-refractivity contribution is -0.136. The van der Waals surface area contributed by atoms with Gasteiger partial charge in [0.25, 0.3) is 0 Å². The van der Waals surface area contributed by atoms with Crippen LogP contribution >= 0.6 is 0 Å². The van der Waals surface area contributed by atoms with Gasteiger partial charge in [-0.15, -0.1) is 0 Å². The standard InChI is InChI=1S/C14H22O2/c1-2-3-4-5-6-7-8-9-10-11-12-13-14(15)16/h2-3,6-7,11-12H,4-5,8-10,13H2,1H3,(H,15,16)/b3-2+,7-6+,12-11+. The summed E-state index contributed by atoms with van der Waals surface area (Å²) in [4.78, 5) is 10.2. The summed E-state index contributed by atoms with van der Waals surface area (Å²) < 4.78 is 0. The molecule has 1 N–H and O–H groups in total. The van der Waals surface area contributed by atoms with E-state index in [1.807, 2.05) is 13.0 Å². The zero-order chi connectivity index (χ0) is 12.1. The van der Waals surface area contributed by atoms with Crippen LogP contribution in [-0.4, -0.2) is 11.1 Å². The molecule has 0 saturated carbocycles. The second-order valence-corrected chi connectivity index (χ2v) is 3.62. The number of allylic oxidation sites excluding steroid dienone is 5. The molecular formula is C14H22O2. The first-order valence-corrected chi connectivity index (χ1v) is 5.90. The van der Waals surface area contributed by atoms with Gasteiger partial charge in [0.15, 0.2) is 0 Å². The molecule has 0 aromatic carbocycles. The highest BCUT2D eigenvalue weighted by molar-refractivity contribution is 5.68. The molecule has 0 atom stereocenters. The lowest BCUT2D eigenvalue weighted by atomic mass is 10.2. The van der Waals surface area contributed by atoms with Crippen LogP contribution in [0.3, 0.4) is 0 Å². The maximum absolute atomic E-state index is 10.2. The van der Waals surface area contributed by atoms with E-state index in [1.165, 1.54) is 0 Å². The number of unbranched alkanes of at least 4 members (excludes halogenated alkanes) is 3. The molecule has 16 heavy (non-hydrogen) atoms. The average Bonchev–Trinajstić information content (AvgIpc) is 2.25. The van der Waals surface area contributed by atoms with Gasteiger partial charge in [-0.1, -0.05) is 36.5 Å². The quantitative estimate of drug-likeness (QED) is 0.471. The lowest BCUT2D eigenvalue weighted by Crippen LogP contribution is -1.89. The Balaban J connectivity index is 3.26. The van der Waals surface area contributed by atoms with Crippen LogP contribution in [0.5, 0.6) is 0 Å². The van der Waals surface area contributed by atoms with Crippen LogP contribution in [0.15, 0.2) is 36.5 Å². The molecule has 0 aromatic heterocycles. The number of hydrogen-bond acceptors (Lipinski definition) is 1. The number of carboxylic acid groups (broad SMARTS) is 1. The third-order valence-corrected chi connectivity index (χ3v) is 2.10. The summed E-state index contributed by atoms with van der Waals surface area (Å²) in [5.41, 5.74) is 0. The molecule has 0 bridgehead atoms.